The maximum atomic E-state index is 5.68. The maximum absolute atomic E-state index is 5.68. The Morgan fingerprint density at radius 2 is 2.24 bits per heavy atom. The van der Waals surface area contributed by atoms with E-state index in [4.69, 9.17) is 4.74 Å². The number of fused-ring (bicyclic) bond motifs is 1. The van der Waals surface area contributed by atoms with Crippen LogP contribution < -0.4 is 15.4 Å². The molecule has 2 N–H and O–H groups in total. The third-order valence-corrected chi connectivity index (χ3v) is 4.81. The van der Waals surface area contributed by atoms with Crippen LogP contribution in [0.5, 0.6) is 5.75 Å². The molecule has 1 fully saturated rings. The van der Waals surface area contributed by atoms with Gasteiger partial charge in [-0.2, -0.15) is 0 Å². The topological polar surface area (TPSA) is 46.2 Å². The zero-order valence-electron chi connectivity index (χ0n) is 12.5. The summed E-state index contributed by atoms with van der Waals surface area (Å²) in [4.78, 5) is 4.65. The third kappa shape index (κ3) is 3.86. The first-order chi connectivity index (χ1) is 10.3. The van der Waals surface area contributed by atoms with Gasteiger partial charge >= 0.3 is 0 Å². The minimum atomic E-state index is 0.765. The molecule has 1 saturated heterocycles. The highest BCUT2D eigenvalue weighted by Crippen LogP contribution is 2.29. The standard InChI is InChI=1S/C16H23N3OS/c1-2-9-20-13-3-4-14-15(10-13)21-16(19-14)18-11-12-5-7-17-8-6-12/h3-4,10,12,17H,2,5-9,11H2,1H3,(H,18,19). The minimum absolute atomic E-state index is 0.765. The van der Waals surface area contributed by atoms with Crippen LogP contribution in [0.4, 0.5) is 5.13 Å². The van der Waals surface area contributed by atoms with Crippen LogP contribution in [0.1, 0.15) is 26.2 Å². The Morgan fingerprint density at radius 3 is 3.05 bits per heavy atom. The smallest absolute Gasteiger partial charge is 0.183 e. The molecule has 2 heterocycles. The van der Waals surface area contributed by atoms with Crippen LogP contribution in [0, 0.1) is 5.92 Å². The van der Waals surface area contributed by atoms with Crippen molar-refractivity contribution in [1.29, 1.82) is 0 Å². The summed E-state index contributed by atoms with van der Waals surface area (Å²) in [7, 11) is 0. The maximum Gasteiger partial charge on any atom is 0.183 e. The molecule has 0 aliphatic carbocycles. The highest BCUT2D eigenvalue weighted by atomic mass is 32.1. The highest BCUT2D eigenvalue weighted by molar-refractivity contribution is 7.22. The number of benzene rings is 1. The van der Waals surface area contributed by atoms with E-state index in [-0.39, 0.29) is 0 Å². The van der Waals surface area contributed by atoms with Crippen molar-refractivity contribution < 1.29 is 4.74 Å². The first-order valence-electron chi connectivity index (χ1n) is 7.83. The fourth-order valence-corrected chi connectivity index (χ4v) is 3.51. The monoisotopic (exact) mass is 305 g/mol. The Balaban J connectivity index is 1.63. The summed E-state index contributed by atoms with van der Waals surface area (Å²) in [5, 5.41) is 7.93. The summed E-state index contributed by atoms with van der Waals surface area (Å²) >= 11 is 1.72. The van der Waals surface area contributed by atoms with E-state index in [1.165, 1.54) is 17.5 Å². The number of nitrogens with one attached hydrogen (secondary N) is 2. The lowest BCUT2D eigenvalue weighted by Crippen LogP contribution is -2.31. The molecular weight excluding hydrogens is 282 g/mol. The normalized spacial score (nSPS) is 16.2. The Hall–Kier alpha value is -1.33. The van der Waals surface area contributed by atoms with Gasteiger partial charge in [-0.1, -0.05) is 18.3 Å². The van der Waals surface area contributed by atoms with Crippen LogP contribution in [0.25, 0.3) is 10.2 Å². The molecular formula is C16H23N3OS. The van der Waals surface area contributed by atoms with E-state index in [0.717, 1.165) is 55.0 Å². The Morgan fingerprint density at radius 1 is 1.38 bits per heavy atom. The Kier molecular flexibility index (Phi) is 4.93. The van der Waals surface area contributed by atoms with E-state index < -0.39 is 0 Å². The fraction of sp³-hybridized carbons (Fsp3) is 0.562. The lowest BCUT2D eigenvalue weighted by Gasteiger charge is -2.22. The van der Waals surface area contributed by atoms with Crippen LogP contribution in [0.15, 0.2) is 18.2 Å². The van der Waals surface area contributed by atoms with Crippen LogP contribution in [0.3, 0.4) is 0 Å². The molecule has 0 bridgehead atoms. The van der Waals surface area contributed by atoms with E-state index in [2.05, 4.69) is 28.6 Å². The van der Waals surface area contributed by atoms with Crippen molar-refractivity contribution >= 4 is 26.7 Å². The quantitative estimate of drug-likeness (QED) is 0.857. The van der Waals surface area contributed by atoms with Crippen molar-refractivity contribution in [3.05, 3.63) is 18.2 Å². The molecule has 1 aromatic carbocycles. The van der Waals surface area contributed by atoms with Gasteiger partial charge in [-0.05, 0) is 56.5 Å². The molecule has 0 amide bonds. The van der Waals surface area contributed by atoms with E-state index in [0.29, 0.717) is 0 Å². The minimum Gasteiger partial charge on any atom is -0.494 e. The van der Waals surface area contributed by atoms with Gasteiger partial charge in [0.2, 0.25) is 0 Å². The van der Waals surface area contributed by atoms with E-state index in [1.807, 2.05) is 12.1 Å². The molecule has 0 radical (unpaired) electrons. The fourth-order valence-electron chi connectivity index (χ4n) is 2.61. The second-order valence-corrected chi connectivity index (χ2v) is 6.60. The van der Waals surface area contributed by atoms with E-state index in [1.54, 1.807) is 11.3 Å². The van der Waals surface area contributed by atoms with Crippen molar-refractivity contribution in [2.75, 3.05) is 31.6 Å². The van der Waals surface area contributed by atoms with Crippen molar-refractivity contribution in [3.8, 4) is 5.75 Å². The lowest BCUT2D eigenvalue weighted by molar-refractivity contribution is 0.318. The molecule has 5 heteroatoms. The highest BCUT2D eigenvalue weighted by Gasteiger charge is 2.13. The number of thiazole rings is 1. The first-order valence-corrected chi connectivity index (χ1v) is 8.65. The van der Waals surface area contributed by atoms with Gasteiger partial charge in [-0.3, -0.25) is 0 Å². The van der Waals surface area contributed by atoms with Gasteiger partial charge in [-0.15, -0.1) is 0 Å². The molecule has 21 heavy (non-hydrogen) atoms. The lowest BCUT2D eigenvalue weighted by atomic mass is 9.98. The zero-order valence-corrected chi connectivity index (χ0v) is 13.3. The summed E-state index contributed by atoms with van der Waals surface area (Å²) in [6.07, 6.45) is 3.55. The summed E-state index contributed by atoms with van der Waals surface area (Å²) in [5.41, 5.74) is 1.05. The summed E-state index contributed by atoms with van der Waals surface area (Å²) < 4.78 is 6.87. The average Bonchev–Trinajstić information content (AvgIpc) is 2.94. The van der Waals surface area contributed by atoms with Crippen LogP contribution >= 0.6 is 11.3 Å². The molecule has 4 nitrogen and oxygen atoms in total. The predicted molar refractivity (Wildman–Crippen MR) is 89.5 cm³/mol. The molecule has 1 aliphatic heterocycles. The predicted octanol–water partition coefficient (Wildman–Crippen LogP) is 3.50. The van der Waals surface area contributed by atoms with Gasteiger partial charge in [0.15, 0.2) is 5.13 Å². The number of rotatable bonds is 6. The molecule has 114 valence electrons. The molecule has 0 spiro atoms. The Bertz CT molecular complexity index is 578. The molecule has 3 rings (SSSR count). The van der Waals surface area contributed by atoms with Gasteiger partial charge in [0.1, 0.15) is 5.75 Å². The second-order valence-electron chi connectivity index (χ2n) is 5.57. The average molecular weight is 305 g/mol. The van der Waals surface area contributed by atoms with Crippen LogP contribution in [0.2, 0.25) is 0 Å². The van der Waals surface area contributed by atoms with Crippen molar-refractivity contribution in [3.63, 3.8) is 0 Å². The van der Waals surface area contributed by atoms with Gasteiger partial charge < -0.3 is 15.4 Å². The van der Waals surface area contributed by atoms with Crippen molar-refractivity contribution in [2.45, 2.75) is 26.2 Å². The molecule has 0 atom stereocenters. The SMILES string of the molecule is CCCOc1ccc2nc(NCC3CCNCC3)sc2c1. The molecule has 1 aliphatic rings. The number of ether oxygens (including phenoxy) is 1. The number of piperidine rings is 1. The first kappa shape index (κ1) is 14.6. The third-order valence-electron chi connectivity index (χ3n) is 3.83. The van der Waals surface area contributed by atoms with Gasteiger partial charge in [-0.25, -0.2) is 4.98 Å². The van der Waals surface area contributed by atoms with E-state index in [9.17, 15) is 0 Å². The summed E-state index contributed by atoms with van der Waals surface area (Å²) in [5.74, 6) is 1.71. The molecule has 0 unspecified atom stereocenters. The van der Waals surface area contributed by atoms with Crippen LogP contribution in [-0.2, 0) is 0 Å². The van der Waals surface area contributed by atoms with Crippen molar-refractivity contribution in [2.24, 2.45) is 5.92 Å². The van der Waals surface area contributed by atoms with Gasteiger partial charge in [0.25, 0.3) is 0 Å². The number of hydrogen-bond donors (Lipinski definition) is 2. The number of aromatic nitrogens is 1. The summed E-state index contributed by atoms with van der Waals surface area (Å²) in [6.45, 7) is 6.20. The molecule has 0 saturated carbocycles. The van der Waals surface area contributed by atoms with Crippen LogP contribution in [-0.4, -0.2) is 31.2 Å². The zero-order chi connectivity index (χ0) is 14.5. The summed E-state index contributed by atoms with van der Waals surface area (Å²) in [6, 6.07) is 6.15. The largest absolute Gasteiger partial charge is 0.494 e. The molecule has 1 aromatic heterocycles. The molecule has 2 aromatic rings. The number of hydrogen-bond acceptors (Lipinski definition) is 5. The number of anilines is 1. The van der Waals surface area contributed by atoms with E-state index >= 15 is 0 Å². The number of nitrogens with zero attached hydrogens (tertiary/aromatic N) is 1. The van der Waals surface area contributed by atoms with Gasteiger partial charge in [0, 0.05) is 6.54 Å². The van der Waals surface area contributed by atoms with Crippen molar-refractivity contribution in [1.82, 2.24) is 10.3 Å². The second kappa shape index (κ2) is 7.09. The van der Waals surface area contributed by atoms with Gasteiger partial charge in [0.05, 0.1) is 16.8 Å². The Labute approximate surface area is 129 Å².